The van der Waals surface area contributed by atoms with Gasteiger partial charge < -0.3 is 4.42 Å². The lowest BCUT2D eigenvalue weighted by Crippen LogP contribution is -2.06. The summed E-state index contributed by atoms with van der Waals surface area (Å²) in [5, 5.41) is 5.68. The van der Waals surface area contributed by atoms with Crippen molar-refractivity contribution in [2.75, 3.05) is 0 Å². The van der Waals surface area contributed by atoms with Crippen LogP contribution in [0.25, 0.3) is 85.1 Å². The van der Waals surface area contributed by atoms with E-state index in [-0.39, 0.29) is 0 Å². The first-order valence-corrected chi connectivity index (χ1v) is 20.6. The zero-order valence-corrected chi connectivity index (χ0v) is 32.6. The monoisotopic (exact) mass is 781 g/mol. The molecule has 274 valence electrons. The molecule has 0 fully saturated rings. The van der Waals surface area contributed by atoms with E-state index < -0.39 is 0 Å². The molecule has 11 rings (SSSR count). The molecule has 0 atom stereocenters. The lowest BCUT2D eigenvalue weighted by atomic mass is 10.0. The summed E-state index contributed by atoms with van der Waals surface area (Å²) in [5.41, 5.74) is 7.91. The molecule has 0 saturated heterocycles. The summed E-state index contributed by atoms with van der Waals surface area (Å²) in [5.74, 6) is 1.77. The Morgan fingerprint density at radius 3 is 2.19 bits per heavy atom. The molecule has 0 N–H and O–H groups in total. The molecule has 0 saturated carbocycles. The van der Waals surface area contributed by atoms with Crippen molar-refractivity contribution in [1.82, 2.24) is 9.97 Å². The van der Waals surface area contributed by atoms with E-state index in [1.54, 1.807) is 11.3 Å². The fourth-order valence-electron chi connectivity index (χ4n) is 7.81. The minimum atomic E-state index is 0.455. The predicted molar refractivity (Wildman–Crippen MR) is 245 cm³/mol. The number of benzene rings is 7. The van der Waals surface area contributed by atoms with Crippen molar-refractivity contribution in [3.63, 3.8) is 0 Å². The number of hydrogen-bond donors (Lipinski definition) is 0. The first kappa shape index (κ1) is 34.1. The molecule has 0 aliphatic heterocycles. The van der Waals surface area contributed by atoms with Crippen LogP contribution in [-0.2, 0) is 6.54 Å². The number of para-hydroxylation sites is 1. The van der Waals surface area contributed by atoms with Gasteiger partial charge in [-0.15, -0.1) is 22.7 Å². The van der Waals surface area contributed by atoms with Gasteiger partial charge in [-0.05, 0) is 42.6 Å². The number of nitrogens with zero attached hydrogens (tertiary/aromatic N) is 5. The molecule has 0 spiro atoms. The van der Waals surface area contributed by atoms with E-state index in [0.29, 0.717) is 29.6 Å². The lowest BCUT2D eigenvalue weighted by molar-refractivity contribution is 0.667. The molecule has 6 nitrogen and oxygen atoms in total. The molecule has 7 aromatic carbocycles. The average Bonchev–Trinajstić information content (AvgIpc) is 3.98. The van der Waals surface area contributed by atoms with Crippen molar-refractivity contribution in [2.45, 2.75) is 6.54 Å². The van der Waals surface area contributed by atoms with E-state index in [0.717, 1.165) is 70.2 Å². The number of fused-ring (bicyclic) bond motifs is 9. The van der Waals surface area contributed by atoms with Crippen LogP contribution in [0, 0.1) is 0 Å². The van der Waals surface area contributed by atoms with E-state index in [1.165, 1.54) is 20.2 Å². The molecule has 0 amide bonds. The second-order valence-electron chi connectivity index (χ2n) is 14.0. The van der Waals surface area contributed by atoms with Gasteiger partial charge in [0.25, 0.3) is 0 Å². The zero-order valence-electron chi connectivity index (χ0n) is 31.0. The average molecular weight is 782 g/mol. The Bertz CT molecular complexity index is 3450. The largest absolute Gasteiger partial charge is 0.452 e. The Labute approximate surface area is 340 Å². The quantitative estimate of drug-likeness (QED) is 0.124. The van der Waals surface area contributed by atoms with E-state index in [9.17, 15) is 0 Å². The van der Waals surface area contributed by atoms with Crippen molar-refractivity contribution in [2.24, 2.45) is 15.0 Å². The third-order valence-corrected chi connectivity index (χ3v) is 12.9. The number of rotatable bonds is 6. The molecule has 4 heterocycles. The number of hydrogen-bond acceptors (Lipinski definition) is 6. The Morgan fingerprint density at radius 2 is 1.33 bits per heavy atom. The van der Waals surface area contributed by atoms with Gasteiger partial charge in [0.15, 0.2) is 23.1 Å². The van der Waals surface area contributed by atoms with Gasteiger partial charge in [0.2, 0.25) is 0 Å². The fraction of sp³-hybridized carbons (Fsp3) is 0.0200. The van der Waals surface area contributed by atoms with Gasteiger partial charge in [-0.3, -0.25) is 4.99 Å². The SMILES string of the molecule is C=NC(=NC(=NCc1cccc2c1sc1ccccc12)c1cccc2sc3cc(-c4nc(-c5ccccc5)c5oc6ccccc6c5n4)ccc3c12)c1ccccc1. The van der Waals surface area contributed by atoms with Crippen LogP contribution >= 0.6 is 22.7 Å². The Balaban J connectivity index is 1.08. The van der Waals surface area contributed by atoms with Gasteiger partial charge in [0, 0.05) is 68.0 Å². The van der Waals surface area contributed by atoms with Crippen LogP contribution in [0.5, 0.6) is 0 Å². The predicted octanol–water partition coefficient (Wildman–Crippen LogP) is 13.5. The van der Waals surface area contributed by atoms with E-state index in [4.69, 9.17) is 24.4 Å². The highest BCUT2D eigenvalue weighted by atomic mass is 32.1. The van der Waals surface area contributed by atoms with Gasteiger partial charge in [-0.25, -0.2) is 20.0 Å². The first-order valence-electron chi connectivity index (χ1n) is 19.0. The minimum absolute atomic E-state index is 0.455. The third kappa shape index (κ3) is 5.81. The summed E-state index contributed by atoms with van der Waals surface area (Å²) >= 11 is 3.55. The fourth-order valence-corrected chi connectivity index (χ4v) is 10.2. The smallest absolute Gasteiger partial charge is 0.180 e. The van der Waals surface area contributed by atoms with Crippen molar-refractivity contribution >= 4 is 103 Å². The van der Waals surface area contributed by atoms with Gasteiger partial charge in [-0.1, -0.05) is 133 Å². The van der Waals surface area contributed by atoms with Crippen LogP contribution in [0.15, 0.2) is 183 Å². The highest BCUT2D eigenvalue weighted by molar-refractivity contribution is 7.26. The van der Waals surface area contributed by atoms with E-state index in [2.05, 4.69) is 109 Å². The number of aromatic nitrogens is 2. The molecule has 0 radical (unpaired) electrons. The highest BCUT2D eigenvalue weighted by Gasteiger charge is 2.20. The molecule has 0 unspecified atom stereocenters. The second kappa shape index (κ2) is 14.1. The molecular weight excluding hydrogens is 751 g/mol. The van der Waals surface area contributed by atoms with Crippen molar-refractivity contribution in [3.8, 4) is 22.6 Å². The molecule has 0 aliphatic carbocycles. The highest BCUT2D eigenvalue weighted by Crippen LogP contribution is 2.41. The van der Waals surface area contributed by atoms with Crippen molar-refractivity contribution in [1.29, 1.82) is 0 Å². The Hall–Kier alpha value is -7.13. The maximum atomic E-state index is 6.37. The molecular formula is C50H31N5OS2. The maximum Gasteiger partial charge on any atom is 0.180 e. The topological polar surface area (TPSA) is 76.0 Å². The summed E-state index contributed by atoms with van der Waals surface area (Å²) < 4.78 is 11.1. The first-order chi connectivity index (χ1) is 28.7. The Kier molecular flexibility index (Phi) is 8.31. The number of amidine groups is 2. The van der Waals surface area contributed by atoms with Gasteiger partial charge >= 0.3 is 0 Å². The number of furan rings is 1. The van der Waals surface area contributed by atoms with Crippen molar-refractivity contribution < 1.29 is 4.42 Å². The molecule has 4 aromatic heterocycles. The van der Waals surface area contributed by atoms with E-state index in [1.807, 2.05) is 78.1 Å². The summed E-state index contributed by atoms with van der Waals surface area (Å²) in [7, 11) is 0. The summed E-state index contributed by atoms with van der Waals surface area (Å²) in [4.78, 5) is 25.2. The maximum absolute atomic E-state index is 6.37. The third-order valence-electron chi connectivity index (χ3n) is 10.5. The standard InChI is InChI=1S/C50H31N5OS2/c1-51-48(31-16-6-3-7-17-31)55-50(52-29-33-18-12-21-35-34-19-9-11-24-40(34)58-47(33)35)38-22-13-25-41-43(38)37-27-26-32(28-42(37)57-41)49-53-44(30-14-4-2-5-15-30)46-45(54-49)36-20-8-10-23-39(36)56-46/h2-28H,1,29H2. The van der Waals surface area contributed by atoms with Crippen LogP contribution in [0.4, 0.5) is 0 Å². The Morgan fingerprint density at radius 1 is 0.586 bits per heavy atom. The second-order valence-corrected chi connectivity index (χ2v) is 16.2. The normalized spacial score (nSPS) is 12.5. The minimum Gasteiger partial charge on any atom is -0.452 e. The molecule has 58 heavy (non-hydrogen) atoms. The van der Waals surface area contributed by atoms with Crippen LogP contribution in [-0.4, -0.2) is 28.4 Å². The summed E-state index contributed by atoms with van der Waals surface area (Å²) in [6.07, 6.45) is 0. The van der Waals surface area contributed by atoms with Gasteiger partial charge in [0.05, 0.1) is 6.54 Å². The van der Waals surface area contributed by atoms with Crippen LogP contribution < -0.4 is 0 Å². The van der Waals surface area contributed by atoms with E-state index >= 15 is 0 Å². The molecule has 0 aliphatic rings. The number of aliphatic imine (C=N–C) groups is 3. The summed E-state index contributed by atoms with van der Waals surface area (Å²) in [6.45, 7) is 4.37. The van der Waals surface area contributed by atoms with Gasteiger partial charge in [-0.2, -0.15) is 0 Å². The molecule has 8 heteroatoms. The summed E-state index contributed by atoms with van der Waals surface area (Å²) in [6, 6.07) is 56.1. The molecule has 11 aromatic rings. The number of thiophene rings is 2. The van der Waals surface area contributed by atoms with Crippen molar-refractivity contribution in [3.05, 3.63) is 180 Å². The van der Waals surface area contributed by atoms with Gasteiger partial charge in [0.1, 0.15) is 16.8 Å². The molecule has 0 bridgehead atoms. The zero-order chi connectivity index (χ0) is 38.6. The lowest BCUT2D eigenvalue weighted by Gasteiger charge is -2.09. The van der Waals surface area contributed by atoms with Crippen LogP contribution in [0.1, 0.15) is 16.7 Å². The van der Waals surface area contributed by atoms with Crippen LogP contribution in [0.2, 0.25) is 0 Å². The van der Waals surface area contributed by atoms with Crippen LogP contribution in [0.3, 0.4) is 0 Å².